The second-order valence-corrected chi connectivity index (χ2v) is 3.33. The molecular weight excluding hydrogens is 254 g/mol. The molecule has 0 radical (unpaired) electrons. The van der Waals surface area contributed by atoms with Crippen molar-refractivity contribution < 1.29 is 35.9 Å². The fourth-order valence-electron chi connectivity index (χ4n) is 1.02. The number of hydrogen-bond acceptors (Lipinski definition) is 2. The molecule has 0 aliphatic rings. The number of Topliss-reactive ketones (excluding diaryl/α,β-unsaturated/α-hetero) is 1. The minimum atomic E-state index is -5.49. The topological polar surface area (TPSA) is 26.3 Å². The number of ether oxygens (including phenoxy) is 1. The molecule has 0 saturated heterocycles. The molecule has 0 aromatic heterocycles. The largest absolute Gasteiger partial charge is 0.423 e. The first-order valence-electron chi connectivity index (χ1n) is 4.85. The number of rotatable bonds is 6. The molecule has 0 fully saturated rings. The second kappa shape index (κ2) is 6.23. The number of carbonyl (C=O) groups is 1. The molecule has 17 heavy (non-hydrogen) atoms. The summed E-state index contributed by atoms with van der Waals surface area (Å²) in [6.45, 7) is 0.798. The standard InChI is InChI=1S/C9H12F6O2/c1-2-6(16)4-3-5-17-7(8(10,11)12)9(13,14)15/h7H,2-5H2,1H3. The van der Waals surface area contributed by atoms with Crippen LogP contribution in [0.4, 0.5) is 26.3 Å². The molecular formula is C9H12F6O2. The molecule has 8 heteroatoms. The first-order valence-corrected chi connectivity index (χ1v) is 4.85. The van der Waals surface area contributed by atoms with Crippen LogP contribution in [0.5, 0.6) is 0 Å². The summed E-state index contributed by atoms with van der Waals surface area (Å²) >= 11 is 0. The Bertz CT molecular complexity index is 231. The van der Waals surface area contributed by atoms with Gasteiger partial charge < -0.3 is 4.74 Å². The molecule has 0 atom stereocenters. The molecule has 0 unspecified atom stereocenters. The van der Waals surface area contributed by atoms with Gasteiger partial charge in [-0.1, -0.05) is 6.92 Å². The van der Waals surface area contributed by atoms with E-state index in [0.29, 0.717) is 0 Å². The molecule has 0 saturated carbocycles. The van der Waals surface area contributed by atoms with Crippen molar-refractivity contribution in [3.63, 3.8) is 0 Å². The number of halogens is 6. The summed E-state index contributed by atoms with van der Waals surface area (Å²) in [4.78, 5) is 10.8. The van der Waals surface area contributed by atoms with Crippen LogP contribution in [0.15, 0.2) is 0 Å². The van der Waals surface area contributed by atoms with Gasteiger partial charge in [-0.25, -0.2) is 0 Å². The minimum Gasteiger partial charge on any atom is -0.361 e. The van der Waals surface area contributed by atoms with Crippen molar-refractivity contribution in [2.24, 2.45) is 0 Å². The Morgan fingerprint density at radius 2 is 1.59 bits per heavy atom. The Labute approximate surface area is 93.9 Å². The quantitative estimate of drug-likeness (QED) is 0.545. The molecule has 0 bridgehead atoms. The van der Waals surface area contributed by atoms with Gasteiger partial charge in [-0.3, -0.25) is 4.79 Å². The van der Waals surface area contributed by atoms with Gasteiger partial charge in [0.2, 0.25) is 6.10 Å². The molecule has 2 nitrogen and oxygen atoms in total. The molecule has 0 aliphatic carbocycles. The maximum Gasteiger partial charge on any atom is 0.423 e. The molecule has 0 amide bonds. The van der Waals surface area contributed by atoms with E-state index in [-0.39, 0.29) is 25.0 Å². The third kappa shape index (κ3) is 6.50. The monoisotopic (exact) mass is 266 g/mol. The van der Waals surface area contributed by atoms with Crippen molar-refractivity contribution in [2.75, 3.05) is 6.61 Å². The van der Waals surface area contributed by atoms with E-state index in [1.54, 1.807) is 6.92 Å². The summed E-state index contributed by atoms with van der Waals surface area (Å²) in [5, 5.41) is 0. The fraction of sp³-hybridized carbons (Fsp3) is 0.889. The normalized spacial score (nSPS) is 13.2. The first-order chi connectivity index (χ1) is 7.59. The Kier molecular flexibility index (Phi) is 5.94. The lowest BCUT2D eigenvalue weighted by molar-refractivity contribution is -0.321. The van der Waals surface area contributed by atoms with Crippen molar-refractivity contribution in [3.05, 3.63) is 0 Å². The van der Waals surface area contributed by atoms with Gasteiger partial charge in [-0.15, -0.1) is 0 Å². The molecule has 0 N–H and O–H groups in total. The average molecular weight is 266 g/mol. The number of ketones is 1. The molecule has 0 aromatic rings. The van der Waals surface area contributed by atoms with Crippen molar-refractivity contribution in [1.29, 1.82) is 0 Å². The highest BCUT2D eigenvalue weighted by molar-refractivity contribution is 5.77. The van der Waals surface area contributed by atoms with E-state index in [1.165, 1.54) is 0 Å². The van der Waals surface area contributed by atoms with Gasteiger partial charge in [0.25, 0.3) is 0 Å². The highest BCUT2D eigenvalue weighted by Gasteiger charge is 2.57. The van der Waals surface area contributed by atoms with Gasteiger partial charge in [-0.2, -0.15) is 26.3 Å². The number of hydrogen-bond donors (Lipinski definition) is 0. The maximum atomic E-state index is 12.0. The van der Waals surface area contributed by atoms with E-state index in [0.717, 1.165) is 0 Å². The van der Waals surface area contributed by atoms with Crippen LogP contribution in [0.2, 0.25) is 0 Å². The summed E-state index contributed by atoms with van der Waals surface area (Å²) in [5.41, 5.74) is 0. The maximum absolute atomic E-state index is 12.0. The Balaban J connectivity index is 4.17. The summed E-state index contributed by atoms with van der Waals surface area (Å²) in [5.74, 6) is -0.232. The van der Waals surface area contributed by atoms with Gasteiger partial charge in [0.15, 0.2) is 0 Å². The van der Waals surface area contributed by atoms with Gasteiger partial charge in [-0.05, 0) is 6.42 Å². The van der Waals surface area contributed by atoms with Gasteiger partial charge in [0.1, 0.15) is 5.78 Å². The van der Waals surface area contributed by atoms with E-state index in [1.807, 2.05) is 0 Å². The summed E-state index contributed by atoms with van der Waals surface area (Å²) in [6, 6.07) is 0. The molecule has 0 rings (SSSR count). The Morgan fingerprint density at radius 1 is 1.12 bits per heavy atom. The lowest BCUT2D eigenvalue weighted by Gasteiger charge is -2.22. The fourth-order valence-corrected chi connectivity index (χ4v) is 1.02. The highest BCUT2D eigenvalue weighted by atomic mass is 19.4. The zero-order valence-electron chi connectivity index (χ0n) is 8.99. The average Bonchev–Trinajstić information content (AvgIpc) is 2.12. The van der Waals surface area contributed by atoms with Crippen molar-refractivity contribution >= 4 is 5.78 Å². The third-order valence-corrected chi connectivity index (χ3v) is 1.87. The lowest BCUT2D eigenvalue weighted by Crippen LogP contribution is -2.44. The van der Waals surface area contributed by atoms with Gasteiger partial charge in [0, 0.05) is 19.4 Å². The molecule has 0 aromatic carbocycles. The number of carbonyl (C=O) groups excluding carboxylic acids is 1. The van der Waals surface area contributed by atoms with E-state index in [4.69, 9.17) is 0 Å². The van der Waals surface area contributed by atoms with Crippen LogP contribution in [0.1, 0.15) is 26.2 Å². The van der Waals surface area contributed by atoms with Crippen LogP contribution in [-0.4, -0.2) is 30.8 Å². The van der Waals surface area contributed by atoms with Crippen LogP contribution in [0.25, 0.3) is 0 Å². The Hall–Kier alpha value is -0.790. The lowest BCUT2D eigenvalue weighted by atomic mass is 10.2. The van der Waals surface area contributed by atoms with Crippen LogP contribution in [0.3, 0.4) is 0 Å². The van der Waals surface area contributed by atoms with Crippen molar-refractivity contribution in [1.82, 2.24) is 0 Å². The minimum absolute atomic E-state index is 0.0844. The highest BCUT2D eigenvalue weighted by Crippen LogP contribution is 2.35. The molecule has 0 spiro atoms. The second-order valence-electron chi connectivity index (χ2n) is 3.33. The van der Waals surface area contributed by atoms with Gasteiger partial charge in [0.05, 0.1) is 0 Å². The molecule has 0 aliphatic heterocycles. The summed E-state index contributed by atoms with van der Waals surface area (Å²) < 4.78 is 75.5. The predicted octanol–water partition coefficient (Wildman–Crippen LogP) is 3.26. The molecule has 0 heterocycles. The van der Waals surface area contributed by atoms with E-state index in [9.17, 15) is 31.1 Å². The first kappa shape index (κ1) is 16.2. The predicted molar refractivity (Wildman–Crippen MR) is 46.4 cm³/mol. The van der Waals surface area contributed by atoms with Crippen LogP contribution >= 0.6 is 0 Å². The van der Waals surface area contributed by atoms with Crippen molar-refractivity contribution in [3.8, 4) is 0 Å². The zero-order valence-corrected chi connectivity index (χ0v) is 8.99. The smallest absolute Gasteiger partial charge is 0.361 e. The van der Waals surface area contributed by atoms with Gasteiger partial charge >= 0.3 is 12.4 Å². The van der Waals surface area contributed by atoms with E-state index < -0.39 is 25.1 Å². The van der Waals surface area contributed by atoms with E-state index in [2.05, 4.69) is 4.74 Å². The van der Waals surface area contributed by atoms with Crippen molar-refractivity contribution in [2.45, 2.75) is 44.6 Å². The van der Waals surface area contributed by atoms with Crippen LogP contribution in [0, 0.1) is 0 Å². The summed E-state index contributed by atoms with van der Waals surface area (Å²) in [7, 11) is 0. The zero-order chi connectivity index (χ0) is 13.7. The third-order valence-electron chi connectivity index (χ3n) is 1.87. The number of alkyl halides is 6. The SMILES string of the molecule is CCC(=O)CCCOC(C(F)(F)F)C(F)(F)F. The molecule has 102 valence electrons. The van der Waals surface area contributed by atoms with E-state index >= 15 is 0 Å². The van der Waals surface area contributed by atoms with Crippen LogP contribution in [-0.2, 0) is 9.53 Å². The summed E-state index contributed by atoms with van der Waals surface area (Å²) in [6.07, 6.45) is -14.8. The van der Waals surface area contributed by atoms with Crippen LogP contribution < -0.4 is 0 Å². The Morgan fingerprint density at radius 3 is 1.94 bits per heavy atom.